The van der Waals surface area contributed by atoms with Crippen LogP contribution in [0.3, 0.4) is 0 Å². The highest BCUT2D eigenvalue weighted by Gasteiger charge is 2.35. The van der Waals surface area contributed by atoms with E-state index in [0.717, 1.165) is 30.7 Å². The summed E-state index contributed by atoms with van der Waals surface area (Å²) in [4.78, 5) is 2.49. The van der Waals surface area contributed by atoms with Gasteiger partial charge >= 0.3 is 0 Å². The minimum Gasteiger partial charge on any atom is -0.396 e. The molecule has 2 N–H and O–H groups in total. The van der Waals surface area contributed by atoms with Crippen LogP contribution in [-0.2, 0) is 0 Å². The average molecular weight is 378 g/mol. The van der Waals surface area contributed by atoms with Crippen molar-refractivity contribution in [1.29, 1.82) is 0 Å². The molecule has 5 heteroatoms. The molecule has 0 amide bonds. The van der Waals surface area contributed by atoms with Gasteiger partial charge in [0.15, 0.2) is 0 Å². The number of nitrogens with zero attached hydrogens (tertiary/aromatic N) is 1. The minimum absolute atomic E-state index is 0. The molecule has 1 aliphatic heterocycles. The third-order valence-corrected chi connectivity index (χ3v) is 5.03. The quantitative estimate of drug-likeness (QED) is 0.846. The molecule has 0 unspecified atom stereocenters. The molecule has 1 heterocycles. The van der Waals surface area contributed by atoms with E-state index in [-0.39, 0.29) is 30.5 Å². The van der Waals surface area contributed by atoms with Gasteiger partial charge in [-0.25, -0.2) is 0 Å². The first-order valence-electron chi connectivity index (χ1n) is 7.27. The fourth-order valence-electron chi connectivity index (χ4n) is 2.96. The number of aliphatic hydroxyl groups excluding tert-OH is 1. The molecule has 2 rings (SSSR count). The van der Waals surface area contributed by atoms with Gasteiger partial charge in [-0.3, -0.25) is 4.90 Å². The molecule has 0 saturated carbocycles. The Kier molecular flexibility index (Phi) is 7.14. The van der Waals surface area contributed by atoms with Crippen molar-refractivity contribution < 1.29 is 5.11 Å². The number of piperazine rings is 1. The maximum atomic E-state index is 9.83. The van der Waals surface area contributed by atoms with Crippen molar-refractivity contribution in [2.75, 3.05) is 32.8 Å². The molecule has 1 atom stereocenters. The molecule has 0 bridgehead atoms. The molecule has 21 heavy (non-hydrogen) atoms. The second kappa shape index (κ2) is 7.93. The second-order valence-corrected chi connectivity index (χ2v) is 7.20. The zero-order valence-corrected chi connectivity index (χ0v) is 15.4. The molecule has 1 aromatic carbocycles. The van der Waals surface area contributed by atoms with Crippen LogP contribution in [0, 0.1) is 12.3 Å². The van der Waals surface area contributed by atoms with Crippen molar-refractivity contribution in [3.05, 3.63) is 33.8 Å². The van der Waals surface area contributed by atoms with Gasteiger partial charge in [0, 0.05) is 48.7 Å². The molecule has 0 aromatic heterocycles. The van der Waals surface area contributed by atoms with Crippen LogP contribution in [0.1, 0.15) is 31.0 Å². The van der Waals surface area contributed by atoms with Gasteiger partial charge in [0.2, 0.25) is 0 Å². The highest BCUT2D eigenvalue weighted by atomic mass is 79.9. The second-order valence-electron chi connectivity index (χ2n) is 6.34. The number of hydrogen-bond donors (Lipinski definition) is 2. The molecule has 0 aliphatic carbocycles. The summed E-state index contributed by atoms with van der Waals surface area (Å²) in [6, 6.07) is 6.80. The van der Waals surface area contributed by atoms with E-state index >= 15 is 0 Å². The molecule has 1 saturated heterocycles. The summed E-state index contributed by atoms with van der Waals surface area (Å²) in [7, 11) is 0. The summed E-state index contributed by atoms with van der Waals surface area (Å²) in [5.41, 5.74) is 2.37. The lowest BCUT2D eigenvalue weighted by Gasteiger charge is -2.43. The molecular formula is C16H26BrClN2O. The number of rotatable bonds is 4. The smallest absolute Gasteiger partial charge is 0.0500 e. The van der Waals surface area contributed by atoms with Gasteiger partial charge in [0.1, 0.15) is 0 Å². The number of hydrogen-bond acceptors (Lipinski definition) is 3. The summed E-state index contributed by atoms with van der Waals surface area (Å²) in [6.45, 7) is 10.7. The molecule has 1 fully saturated rings. The predicted molar refractivity (Wildman–Crippen MR) is 94.2 cm³/mol. The normalized spacial score (nSPS) is 18.1. The Balaban J connectivity index is 0.00000220. The van der Waals surface area contributed by atoms with Crippen molar-refractivity contribution in [2.45, 2.75) is 26.8 Å². The summed E-state index contributed by atoms with van der Waals surface area (Å²) < 4.78 is 1.14. The fourth-order valence-corrected chi connectivity index (χ4v) is 3.36. The number of halogens is 2. The van der Waals surface area contributed by atoms with E-state index in [1.165, 1.54) is 11.1 Å². The van der Waals surface area contributed by atoms with Crippen LogP contribution in [0.4, 0.5) is 0 Å². The zero-order chi connectivity index (χ0) is 14.8. The Morgan fingerprint density at radius 2 is 1.95 bits per heavy atom. The Labute approximate surface area is 142 Å². The van der Waals surface area contributed by atoms with E-state index in [1.807, 2.05) is 0 Å². The van der Waals surface area contributed by atoms with E-state index in [4.69, 9.17) is 0 Å². The van der Waals surface area contributed by atoms with Crippen molar-refractivity contribution >= 4 is 28.3 Å². The summed E-state index contributed by atoms with van der Waals surface area (Å²) >= 11 is 3.63. The maximum Gasteiger partial charge on any atom is 0.0500 e. The Morgan fingerprint density at radius 3 is 2.48 bits per heavy atom. The molecule has 3 nitrogen and oxygen atoms in total. The van der Waals surface area contributed by atoms with Gasteiger partial charge in [-0.15, -0.1) is 12.4 Å². The first-order valence-corrected chi connectivity index (χ1v) is 8.06. The molecule has 0 spiro atoms. The van der Waals surface area contributed by atoms with Crippen LogP contribution in [-0.4, -0.2) is 42.8 Å². The van der Waals surface area contributed by atoms with Crippen molar-refractivity contribution in [3.63, 3.8) is 0 Å². The Bertz CT molecular complexity index is 462. The molecule has 0 radical (unpaired) electrons. The van der Waals surface area contributed by atoms with Gasteiger partial charge in [0.05, 0.1) is 0 Å². The largest absolute Gasteiger partial charge is 0.396 e. The molecule has 1 aromatic rings. The standard InChI is InChI=1S/C16H25BrN2O.ClH/c1-12-4-5-13(10-14(12)17)15(16(2,3)11-20)19-8-6-18-7-9-19;/h4-5,10,15,18,20H,6-9,11H2,1-3H3;1H/t15-;/m0./s1. The lowest BCUT2D eigenvalue weighted by atomic mass is 9.79. The van der Waals surface area contributed by atoms with Crippen LogP contribution >= 0.6 is 28.3 Å². The van der Waals surface area contributed by atoms with Gasteiger partial charge in [-0.05, 0) is 24.1 Å². The SMILES string of the molecule is Cc1ccc([C@H](N2CCNCC2)C(C)(C)CO)cc1Br.Cl. The van der Waals surface area contributed by atoms with Crippen LogP contribution in [0.15, 0.2) is 22.7 Å². The summed E-state index contributed by atoms with van der Waals surface area (Å²) in [6.07, 6.45) is 0. The third kappa shape index (κ3) is 4.42. The highest BCUT2D eigenvalue weighted by molar-refractivity contribution is 9.10. The lowest BCUT2D eigenvalue weighted by molar-refractivity contribution is 0.0305. The Hall–Kier alpha value is -0.130. The maximum absolute atomic E-state index is 9.83. The van der Waals surface area contributed by atoms with E-state index in [1.54, 1.807) is 0 Å². The molecule has 1 aliphatic rings. The monoisotopic (exact) mass is 376 g/mol. The van der Waals surface area contributed by atoms with Gasteiger partial charge in [0.25, 0.3) is 0 Å². The first-order chi connectivity index (χ1) is 9.45. The van der Waals surface area contributed by atoms with Gasteiger partial charge in [-0.1, -0.05) is 41.9 Å². The first kappa shape index (κ1) is 18.9. The zero-order valence-electron chi connectivity index (χ0n) is 13.0. The van der Waals surface area contributed by atoms with E-state index in [0.29, 0.717) is 0 Å². The number of aliphatic hydroxyl groups is 1. The van der Waals surface area contributed by atoms with E-state index in [9.17, 15) is 5.11 Å². The predicted octanol–water partition coefficient (Wildman–Crippen LogP) is 3.14. The summed E-state index contributed by atoms with van der Waals surface area (Å²) in [5.74, 6) is 0. The van der Waals surface area contributed by atoms with Crippen molar-refractivity contribution in [1.82, 2.24) is 10.2 Å². The highest BCUT2D eigenvalue weighted by Crippen LogP contribution is 2.39. The number of nitrogens with one attached hydrogen (secondary N) is 1. The van der Waals surface area contributed by atoms with E-state index < -0.39 is 0 Å². The van der Waals surface area contributed by atoms with Crippen LogP contribution < -0.4 is 5.32 Å². The molecule has 120 valence electrons. The number of aryl methyl sites for hydroxylation is 1. The van der Waals surface area contributed by atoms with Crippen molar-refractivity contribution in [2.24, 2.45) is 5.41 Å². The van der Waals surface area contributed by atoms with Crippen LogP contribution in [0.25, 0.3) is 0 Å². The van der Waals surface area contributed by atoms with Crippen LogP contribution in [0.5, 0.6) is 0 Å². The van der Waals surface area contributed by atoms with Gasteiger partial charge in [-0.2, -0.15) is 0 Å². The fraction of sp³-hybridized carbons (Fsp3) is 0.625. The topological polar surface area (TPSA) is 35.5 Å². The summed E-state index contributed by atoms with van der Waals surface area (Å²) in [5, 5.41) is 13.2. The third-order valence-electron chi connectivity index (χ3n) is 4.18. The van der Waals surface area contributed by atoms with Crippen molar-refractivity contribution in [3.8, 4) is 0 Å². The Morgan fingerprint density at radius 1 is 1.33 bits per heavy atom. The average Bonchev–Trinajstić information content (AvgIpc) is 2.44. The van der Waals surface area contributed by atoms with Gasteiger partial charge < -0.3 is 10.4 Å². The van der Waals surface area contributed by atoms with Crippen LogP contribution in [0.2, 0.25) is 0 Å². The minimum atomic E-state index is -0.161. The van der Waals surface area contributed by atoms with E-state index in [2.05, 4.69) is 65.1 Å². The number of benzene rings is 1. The molecular weight excluding hydrogens is 352 g/mol. The lowest BCUT2D eigenvalue weighted by Crippen LogP contribution is -2.49.